The maximum Gasteiger partial charge on any atom is 0.256 e. The number of hydrogen-bond donors (Lipinski definition) is 1. The van der Waals surface area contributed by atoms with Gasteiger partial charge in [-0.25, -0.2) is 9.37 Å². The van der Waals surface area contributed by atoms with Crippen molar-refractivity contribution in [1.82, 2.24) is 25.2 Å². The van der Waals surface area contributed by atoms with E-state index in [1.54, 1.807) is 35.9 Å². The lowest BCUT2D eigenvalue weighted by Gasteiger charge is -2.12. The highest BCUT2D eigenvalue weighted by molar-refractivity contribution is 6.13. The van der Waals surface area contributed by atoms with Gasteiger partial charge in [0.05, 0.1) is 22.5 Å². The van der Waals surface area contributed by atoms with Gasteiger partial charge in [-0.05, 0) is 53.7 Å². The number of anilines is 1. The van der Waals surface area contributed by atoms with E-state index in [1.807, 2.05) is 42.5 Å². The number of tetrazole rings is 1. The zero-order valence-corrected chi connectivity index (χ0v) is 17.0. The van der Waals surface area contributed by atoms with Gasteiger partial charge in [0, 0.05) is 22.7 Å². The number of hydrogen-bond acceptors (Lipinski definition) is 5. The number of aryl methyl sites for hydroxylation is 1. The number of nitrogens with one attached hydrogen (secondary N) is 1. The van der Waals surface area contributed by atoms with E-state index in [0.29, 0.717) is 33.7 Å². The van der Waals surface area contributed by atoms with E-state index < -0.39 is 5.82 Å². The minimum absolute atomic E-state index is 0.327. The molecule has 0 spiro atoms. The number of carbonyl (C=O) groups is 1. The first-order chi connectivity index (χ1) is 15.6. The first-order valence-electron chi connectivity index (χ1n) is 9.91. The van der Waals surface area contributed by atoms with Crippen molar-refractivity contribution in [2.45, 2.75) is 6.92 Å². The number of halogens is 1. The second kappa shape index (κ2) is 7.99. The van der Waals surface area contributed by atoms with Crippen LogP contribution >= 0.6 is 0 Å². The SMILES string of the molecule is Cc1nnnn1-c1cccc(NC(=O)c2cc(-c3ccccc3)nc3cc(F)ccc23)c1. The van der Waals surface area contributed by atoms with Gasteiger partial charge in [-0.2, -0.15) is 4.68 Å². The number of carbonyl (C=O) groups excluding carboxylic acids is 1. The zero-order chi connectivity index (χ0) is 22.1. The second-order valence-corrected chi connectivity index (χ2v) is 7.22. The van der Waals surface area contributed by atoms with Crippen LogP contribution in [0.15, 0.2) is 78.9 Å². The van der Waals surface area contributed by atoms with Gasteiger partial charge >= 0.3 is 0 Å². The first kappa shape index (κ1) is 19.5. The smallest absolute Gasteiger partial charge is 0.256 e. The summed E-state index contributed by atoms with van der Waals surface area (Å²) in [5.41, 5.74) is 3.54. The summed E-state index contributed by atoms with van der Waals surface area (Å²) in [5.74, 6) is -0.110. The molecule has 5 rings (SSSR count). The third-order valence-electron chi connectivity index (χ3n) is 5.06. The fourth-order valence-corrected chi connectivity index (χ4v) is 3.53. The number of amides is 1. The molecule has 0 aliphatic rings. The van der Waals surface area contributed by atoms with Gasteiger partial charge in [0.15, 0.2) is 5.82 Å². The summed E-state index contributed by atoms with van der Waals surface area (Å²) in [4.78, 5) is 17.8. The van der Waals surface area contributed by atoms with Crippen LogP contribution in [0.1, 0.15) is 16.2 Å². The molecule has 1 amide bonds. The van der Waals surface area contributed by atoms with Crippen LogP contribution in [0.4, 0.5) is 10.1 Å². The van der Waals surface area contributed by atoms with Crippen molar-refractivity contribution in [3.8, 4) is 16.9 Å². The fraction of sp³-hybridized carbons (Fsp3) is 0.0417. The molecule has 156 valence electrons. The molecule has 7 nitrogen and oxygen atoms in total. The number of fused-ring (bicyclic) bond motifs is 1. The van der Waals surface area contributed by atoms with Gasteiger partial charge in [0.2, 0.25) is 0 Å². The minimum Gasteiger partial charge on any atom is -0.322 e. The lowest BCUT2D eigenvalue weighted by molar-refractivity contribution is 0.102. The summed E-state index contributed by atoms with van der Waals surface area (Å²) in [5, 5.41) is 15.0. The Morgan fingerprint density at radius 1 is 0.969 bits per heavy atom. The Kier molecular flexibility index (Phi) is 4.87. The van der Waals surface area contributed by atoms with E-state index in [0.717, 1.165) is 11.3 Å². The lowest BCUT2D eigenvalue weighted by Crippen LogP contribution is -2.13. The Hall–Kier alpha value is -4.46. The van der Waals surface area contributed by atoms with Crippen molar-refractivity contribution >= 4 is 22.5 Å². The Bertz CT molecular complexity index is 1450. The molecule has 1 N–H and O–H groups in total. The van der Waals surface area contributed by atoms with Crippen LogP contribution in [-0.4, -0.2) is 31.1 Å². The average molecular weight is 424 g/mol. The quantitative estimate of drug-likeness (QED) is 0.457. The predicted octanol–water partition coefficient (Wildman–Crippen LogP) is 4.58. The molecule has 0 saturated heterocycles. The number of rotatable bonds is 4. The minimum atomic E-state index is -0.411. The van der Waals surface area contributed by atoms with Gasteiger partial charge in [0.1, 0.15) is 5.82 Å². The fourth-order valence-electron chi connectivity index (χ4n) is 3.53. The molecular formula is C24H17FN6O. The molecule has 0 atom stereocenters. The number of nitrogens with zero attached hydrogens (tertiary/aromatic N) is 5. The molecule has 2 aromatic heterocycles. The molecule has 0 aliphatic heterocycles. The largest absolute Gasteiger partial charge is 0.322 e. The van der Waals surface area contributed by atoms with E-state index >= 15 is 0 Å². The van der Waals surface area contributed by atoms with Gasteiger partial charge in [-0.3, -0.25) is 4.79 Å². The van der Waals surface area contributed by atoms with Crippen molar-refractivity contribution in [1.29, 1.82) is 0 Å². The van der Waals surface area contributed by atoms with Crippen LogP contribution in [0.3, 0.4) is 0 Å². The molecule has 3 aromatic carbocycles. The van der Waals surface area contributed by atoms with E-state index in [9.17, 15) is 9.18 Å². The summed E-state index contributed by atoms with van der Waals surface area (Å²) in [6, 6.07) is 22.6. The van der Waals surface area contributed by atoms with Gasteiger partial charge in [0.25, 0.3) is 5.91 Å². The topological polar surface area (TPSA) is 85.6 Å². The summed E-state index contributed by atoms with van der Waals surface area (Å²) >= 11 is 0. The Morgan fingerprint density at radius 2 is 1.81 bits per heavy atom. The van der Waals surface area contributed by atoms with Gasteiger partial charge in [-0.1, -0.05) is 36.4 Å². The monoisotopic (exact) mass is 424 g/mol. The first-order valence-corrected chi connectivity index (χ1v) is 9.91. The van der Waals surface area contributed by atoms with E-state index in [1.165, 1.54) is 12.1 Å². The second-order valence-electron chi connectivity index (χ2n) is 7.22. The third kappa shape index (κ3) is 3.69. The van der Waals surface area contributed by atoms with Crippen molar-refractivity contribution < 1.29 is 9.18 Å². The number of pyridine rings is 1. The van der Waals surface area contributed by atoms with Crippen molar-refractivity contribution in [2.75, 3.05) is 5.32 Å². The molecule has 0 aliphatic carbocycles. The molecule has 0 saturated carbocycles. The highest BCUT2D eigenvalue weighted by Gasteiger charge is 2.15. The molecule has 0 bridgehead atoms. The summed E-state index contributed by atoms with van der Waals surface area (Å²) in [7, 11) is 0. The summed E-state index contributed by atoms with van der Waals surface area (Å²) in [6.07, 6.45) is 0. The van der Waals surface area contributed by atoms with E-state index in [-0.39, 0.29) is 5.91 Å². The van der Waals surface area contributed by atoms with Gasteiger partial charge in [-0.15, -0.1) is 5.10 Å². The van der Waals surface area contributed by atoms with Crippen molar-refractivity contribution in [3.05, 3.63) is 96.1 Å². The zero-order valence-electron chi connectivity index (χ0n) is 17.0. The van der Waals surface area contributed by atoms with Crippen LogP contribution < -0.4 is 5.32 Å². The highest BCUT2D eigenvalue weighted by atomic mass is 19.1. The Labute approximate surface area is 182 Å². The Morgan fingerprint density at radius 3 is 2.59 bits per heavy atom. The average Bonchev–Trinajstić information content (AvgIpc) is 3.24. The summed E-state index contributed by atoms with van der Waals surface area (Å²) in [6.45, 7) is 1.79. The third-order valence-corrected chi connectivity index (χ3v) is 5.06. The van der Waals surface area contributed by atoms with Crippen molar-refractivity contribution in [2.24, 2.45) is 0 Å². The molecule has 0 fully saturated rings. The molecule has 0 unspecified atom stereocenters. The van der Waals surface area contributed by atoms with E-state index in [2.05, 4.69) is 25.8 Å². The number of aromatic nitrogens is 5. The van der Waals surface area contributed by atoms with Crippen LogP contribution in [0.5, 0.6) is 0 Å². The molecular weight excluding hydrogens is 407 g/mol. The predicted molar refractivity (Wildman–Crippen MR) is 119 cm³/mol. The molecule has 32 heavy (non-hydrogen) atoms. The Balaban J connectivity index is 1.56. The summed E-state index contributed by atoms with van der Waals surface area (Å²) < 4.78 is 15.5. The maximum absolute atomic E-state index is 13.9. The van der Waals surface area contributed by atoms with Gasteiger partial charge < -0.3 is 5.32 Å². The van der Waals surface area contributed by atoms with E-state index in [4.69, 9.17) is 0 Å². The molecule has 5 aromatic rings. The van der Waals surface area contributed by atoms with Crippen LogP contribution in [0.25, 0.3) is 27.8 Å². The maximum atomic E-state index is 13.9. The van der Waals surface area contributed by atoms with Crippen molar-refractivity contribution in [3.63, 3.8) is 0 Å². The van der Waals surface area contributed by atoms with Crippen LogP contribution in [0.2, 0.25) is 0 Å². The highest BCUT2D eigenvalue weighted by Crippen LogP contribution is 2.26. The standard InChI is InChI=1S/C24H17FN6O/c1-15-28-29-30-31(15)19-9-5-8-18(13-19)26-24(32)21-14-22(16-6-3-2-4-7-16)27-23-12-17(25)10-11-20(21)23/h2-14H,1H3,(H,26,32). The molecule has 2 heterocycles. The van der Waals surface area contributed by atoms with Crippen LogP contribution in [-0.2, 0) is 0 Å². The lowest BCUT2D eigenvalue weighted by atomic mass is 10.0. The molecule has 8 heteroatoms. The molecule has 0 radical (unpaired) electrons. The van der Waals surface area contributed by atoms with Crippen LogP contribution in [0, 0.1) is 12.7 Å². The normalized spacial score (nSPS) is 10.9. The number of benzene rings is 3.